The lowest BCUT2D eigenvalue weighted by molar-refractivity contribution is -0.138. The maximum absolute atomic E-state index is 11.2. The summed E-state index contributed by atoms with van der Waals surface area (Å²) < 4.78 is 0. The average molecular weight is 192 g/mol. The molecule has 4 heteroatoms. The number of rotatable bonds is 4. The summed E-state index contributed by atoms with van der Waals surface area (Å²) in [5, 5.41) is 8.70. The van der Waals surface area contributed by atoms with Crippen LogP contribution in [0, 0.1) is 5.92 Å². The molecule has 1 amide bonds. The molecular formula is C8H14ClNO2. The minimum absolute atomic E-state index is 0.167. The average Bonchev–Trinajstić information content (AvgIpc) is 1.99. The molecule has 1 aliphatic rings. The molecule has 1 fully saturated rings. The van der Waals surface area contributed by atoms with Gasteiger partial charge in [0.25, 0.3) is 0 Å². The van der Waals surface area contributed by atoms with Crippen molar-refractivity contribution in [3.8, 4) is 0 Å². The zero-order chi connectivity index (χ0) is 8.97. The second-order valence-electron chi connectivity index (χ2n) is 3.14. The van der Waals surface area contributed by atoms with Crippen LogP contribution in [-0.2, 0) is 4.79 Å². The highest BCUT2D eigenvalue weighted by atomic mass is 35.5. The van der Waals surface area contributed by atoms with Gasteiger partial charge in [0, 0.05) is 37.9 Å². The summed E-state index contributed by atoms with van der Waals surface area (Å²) in [6.07, 6.45) is 1.29. The molecule has 0 aliphatic carbocycles. The Morgan fingerprint density at radius 2 is 2.25 bits per heavy atom. The largest absolute Gasteiger partial charge is 0.396 e. The second kappa shape index (κ2) is 4.67. The fourth-order valence-electron chi connectivity index (χ4n) is 1.27. The van der Waals surface area contributed by atoms with Crippen molar-refractivity contribution < 1.29 is 9.90 Å². The summed E-state index contributed by atoms with van der Waals surface area (Å²) in [4.78, 5) is 13.0. The quantitative estimate of drug-likeness (QED) is 0.656. The van der Waals surface area contributed by atoms with Gasteiger partial charge in [-0.25, -0.2) is 0 Å². The molecule has 0 radical (unpaired) electrons. The third kappa shape index (κ3) is 2.35. The molecule has 0 spiro atoms. The number of nitrogens with zero attached hydrogens (tertiary/aromatic N) is 1. The van der Waals surface area contributed by atoms with E-state index in [1.165, 1.54) is 0 Å². The van der Waals surface area contributed by atoms with Crippen LogP contribution in [0.1, 0.15) is 12.8 Å². The molecular weight excluding hydrogens is 178 g/mol. The van der Waals surface area contributed by atoms with Gasteiger partial charge in [-0.05, 0) is 6.42 Å². The van der Waals surface area contributed by atoms with Crippen LogP contribution in [0.15, 0.2) is 0 Å². The van der Waals surface area contributed by atoms with E-state index in [2.05, 4.69) is 0 Å². The van der Waals surface area contributed by atoms with Gasteiger partial charge in [-0.3, -0.25) is 4.79 Å². The van der Waals surface area contributed by atoms with Crippen LogP contribution in [0.4, 0.5) is 0 Å². The van der Waals surface area contributed by atoms with Gasteiger partial charge in [-0.15, -0.1) is 11.6 Å². The third-order valence-corrected chi connectivity index (χ3v) is 2.36. The predicted molar refractivity (Wildman–Crippen MR) is 47.1 cm³/mol. The van der Waals surface area contributed by atoms with E-state index in [-0.39, 0.29) is 12.5 Å². The van der Waals surface area contributed by atoms with Crippen LogP contribution in [0.5, 0.6) is 0 Å². The molecule has 3 nitrogen and oxygen atoms in total. The first-order valence-corrected chi connectivity index (χ1v) is 4.76. The van der Waals surface area contributed by atoms with Crippen molar-refractivity contribution in [1.82, 2.24) is 4.90 Å². The molecule has 1 aliphatic heterocycles. The Kier molecular flexibility index (Phi) is 3.82. The molecule has 0 atom stereocenters. The third-order valence-electron chi connectivity index (χ3n) is 2.09. The number of carbonyl (C=O) groups excluding carboxylic acids is 1. The van der Waals surface area contributed by atoms with Crippen LogP contribution in [0.3, 0.4) is 0 Å². The molecule has 1 rings (SSSR count). The molecule has 12 heavy (non-hydrogen) atoms. The van der Waals surface area contributed by atoms with Crippen LogP contribution in [-0.4, -0.2) is 41.5 Å². The van der Waals surface area contributed by atoms with Crippen LogP contribution in [0.2, 0.25) is 0 Å². The van der Waals surface area contributed by atoms with Gasteiger partial charge in [0.15, 0.2) is 0 Å². The first-order valence-electron chi connectivity index (χ1n) is 4.22. The molecule has 1 N–H and O–H groups in total. The number of aliphatic hydroxyl groups is 1. The number of carbonyl (C=O) groups is 1. The van der Waals surface area contributed by atoms with E-state index < -0.39 is 0 Å². The Morgan fingerprint density at radius 3 is 2.75 bits per heavy atom. The van der Waals surface area contributed by atoms with E-state index in [0.29, 0.717) is 18.2 Å². The van der Waals surface area contributed by atoms with Gasteiger partial charge in [-0.1, -0.05) is 0 Å². The molecule has 0 aromatic carbocycles. The van der Waals surface area contributed by atoms with E-state index in [0.717, 1.165) is 19.5 Å². The number of halogens is 1. The number of amides is 1. The highest BCUT2D eigenvalue weighted by molar-refractivity contribution is 6.17. The van der Waals surface area contributed by atoms with E-state index in [9.17, 15) is 4.79 Å². The molecule has 0 aromatic heterocycles. The SMILES string of the molecule is O=C(CCCCl)N1CC(CO)C1. The number of hydrogen-bond acceptors (Lipinski definition) is 2. The topological polar surface area (TPSA) is 40.5 Å². The van der Waals surface area contributed by atoms with Gasteiger partial charge >= 0.3 is 0 Å². The molecule has 1 saturated heterocycles. The Bertz CT molecular complexity index is 157. The Balaban J connectivity index is 2.11. The molecule has 1 heterocycles. The van der Waals surface area contributed by atoms with E-state index in [4.69, 9.17) is 16.7 Å². The maximum atomic E-state index is 11.2. The summed E-state index contributed by atoms with van der Waals surface area (Å²) >= 11 is 5.46. The molecule has 0 saturated carbocycles. The monoisotopic (exact) mass is 191 g/mol. The fourth-order valence-corrected chi connectivity index (χ4v) is 1.40. The fraction of sp³-hybridized carbons (Fsp3) is 0.875. The molecule has 0 aromatic rings. The van der Waals surface area contributed by atoms with Crippen LogP contribution < -0.4 is 0 Å². The van der Waals surface area contributed by atoms with Gasteiger partial charge in [0.05, 0.1) is 0 Å². The van der Waals surface area contributed by atoms with E-state index >= 15 is 0 Å². The highest BCUT2D eigenvalue weighted by Gasteiger charge is 2.28. The molecule has 0 bridgehead atoms. The first kappa shape index (κ1) is 9.81. The van der Waals surface area contributed by atoms with Crippen molar-refractivity contribution in [2.24, 2.45) is 5.92 Å². The van der Waals surface area contributed by atoms with Crippen molar-refractivity contribution in [3.63, 3.8) is 0 Å². The smallest absolute Gasteiger partial charge is 0.222 e. The van der Waals surface area contributed by atoms with Crippen molar-refractivity contribution in [2.75, 3.05) is 25.6 Å². The zero-order valence-electron chi connectivity index (χ0n) is 7.00. The van der Waals surface area contributed by atoms with Gasteiger partial charge in [0.1, 0.15) is 0 Å². The van der Waals surface area contributed by atoms with Crippen molar-refractivity contribution in [3.05, 3.63) is 0 Å². The Hall–Kier alpha value is -0.280. The Labute approximate surface area is 77.3 Å². The van der Waals surface area contributed by atoms with Crippen LogP contribution >= 0.6 is 11.6 Å². The van der Waals surface area contributed by atoms with Crippen molar-refractivity contribution >= 4 is 17.5 Å². The van der Waals surface area contributed by atoms with E-state index in [1.807, 2.05) is 0 Å². The molecule has 0 unspecified atom stereocenters. The second-order valence-corrected chi connectivity index (χ2v) is 3.52. The van der Waals surface area contributed by atoms with Gasteiger partial charge in [-0.2, -0.15) is 0 Å². The summed E-state index contributed by atoms with van der Waals surface area (Å²) in [5.41, 5.74) is 0. The van der Waals surface area contributed by atoms with Crippen LogP contribution in [0.25, 0.3) is 0 Å². The summed E-state index contributed by atoms with van der Waals surface area (Å²) in [7, 11) is 0. The minimum Gasteiger partial charge on any atom is -0.396 e. The first-order chi connectivity index (χ1) is 5.77. The zero-order valence-corrected chi connectivity index (χ0v) is 7.76. The Morgan fingerprint density at radius 1 is 1.58 bits per heavy atom. The number of hydrogen-bond donors (Lipinski definition) is 1. The minimum atomic E-state index is 0.167. The lowest BCUT2D eigenvalue weighted by Crippen LogP contribution is -2.51. The standard InChI is InChI=1S/C8H14ClNO2/c9-3-1-2-8(12)10-4-7(5-10)6-11/h7,11H,1-6H2. The lowest BCUT2D eigenvalue weighted by Gasteiger charge is -2.38. The van der Waals surface area contributed by atoms with Gasteiger partial charge < -0.3 is 10.0 Å². The predicted octanol–water partition coefficient (Wildman–Crippen LogP) is 0.456. The summed E-state index contributed by atoms with van der Waals surface area (Å²) in [5.74, 6) is 1.02. The van der Waals surface area contributed by atoms with Gasteiger partial charge in [0.2, 0.25) is 5.91 Å². The van der Waals surface area contributed by atoms with Crippen molar-refractivity contribution in [1.29, 1.82) is 0 Å². The number of alkyl halides is 1. The normalized spacial score (nSPS) is 17.7. The van der Waals surface area contributed by atoms with Crippen molar-refractivity contribution in [2.45, 2.75) is 12.8 Å². The summed E-state index contributed by atoms with van der Waals surface area (Å²) in [6.45, 7) is 1.63. The maximum Gasteiger partial charge on any atom is 0.222 e. The van der Waals surface area contributed by atoms with E-state index in [1.54, 1.807) is 4.90 Å². The summed E-state index contributed by atoms with van der Waals surface area (Å²) in [6, 6.07) is 0. The highest BCUT2D eigenvalue weighted by Crippen LogP contribution is 2.15. The number of likely N-dealkylation sites (tertiary alicyclic amines) is 1. The molecule has 70 valence electrons. The lowest BCUT2D eigenvalue weighted by atomic mass is 10.0. The number of aliphatic hydroxyl groups excluding tert-OH is 1.